The molecule has 3 heterocycles. The van der Waals surface area contributed by atoms with Gasteiger partial charge in [-0.3, -0.25) is 24.7 Å². The number of pyridine rings is 1. The van der Waals surface area contributed by atoms with Crippen LogP contribution in [0, 0.1) is 17.0 Å². The Hall–Kier alpha value is -4.21. The van der Waals surface area contributed by atoms with Crippen molar-refractivity contribution in [2.45, 2.75) is 39.2 Å². The van der Waals surface area contributed by atoms with Crippen LogP contribution < -0.4 is 10.1 Å². The number of aryl methyl sites for hydroxylation is 2. The number of likely N-dealkylation sites (tertiary alicyclic amines) is 1. The number of benzene rings is 1. The molecular formula is C27H31N5O5. The van der Waals surface area contributed by atoms with Gasteiger partial charge in [-0.25, -0.2) is 0 Å². The van der Waals surface area contributed by atoms with Crippen molar-refractivity contribution in [3.8, 4) is 5.75 Å². The molecule has 1 saturated heterocycles. The van der Waals surface area contributed by atoms with Crippen molar-refractivity contribution in [2.24, 2.45) is 7.05 Å². The maximum absolute atomic E-state index is 13.2. The molecule has 0 bridgehead atoms. The quantitative estimate of drug-likeness (QED) is 0.365. The third kappa shape index (κ3) is 5.79. The lowest BCUT2D eigenvalue weighted by Crippen LogP contribution is -2.39. The fourth-order valence-electron chi connectivity index (χ4n) is 4.67. The van der Waals surface area contributed by atoms with E-state index in [9.17, 15) is 19.7 Å². The number of carbonyl (C=O) groups excluding carboxylic acids is 2. The summed E-state index contributed by atoms with van der Waals surface area (Å²) in [7, 11) is 1.63. The number of hydrogen-bond donors (Lipinski definition) is 1. The van der Waals surface area contributed by atoms with Gasteiger partial charge in [0.05, 0.1) is 29.0 Å². The third-order valence-electron chi connectivity index (χ3n) is 6.61. The minimum Gasteiger partial charge on any atom is -0.494 e. The molecule has 0 radical (unpaired) electrons. The molecule has 1 aromatic carbocycles. The van der Waals surface area contributed by atoms with E-state index in [1.165, 1.54) is 16.8 Å². The highest BCUT2D eigenvalue weighted by Crippen LogP contribution is 2.31. The van der Waals surface area contributed by atoms with Crippen LogP contribution in [0.15, 0.2) is 48.7 Å². The van der Waals surface area contributed by atoms with Crippen molar-refractivity contribution >= 4 is 17.5 Å². The largest absolute Gasteiger partial charge is 0.494 e. The zero-order valence-electron chi connectivity index (χ0n) is 21.3. The first kappa shape index (κ1) is 25.9. The van der Waals surface area contributed by atoms with Crippen LogP contribution in [0.4, 0.5) is 5.69 Å². The van der Waals surface area contributed by atoms with E-state index < -0.39 is 4.92 Å². The molecule has 0 atom stereocenters. The van der Waals surface area contributed by atoms with E-state index in [1.807, 2.05) is 50.2 Å². The molecule has 10 heteroatoms. The summed E-state index contributed by atoms with van der Waals surface area (Å²) in [6.45, 7) is 5.63. The Morgan fingerprint density at radius 1 is 1.19 bits per heavy atom. The van der Waals surface area contributed by atoms with Gasteiger partial charge in [0.15, 0.2) is 0 Å². The molecule has 0 spiro atoms. The number of carbonyl (C=O) groups is 2. The van der Waals surface area contributed by atoms with Gasteiger partial charge in [-0.1, -0.05) is 18.2 Å². The van der Waals surface area contributed by atoms with E-state index in [2.05, 4.69) is 5.32 Å². The van der Waals surface area contributed by atoms with Gasteiger partial charge in [0, 0.05) is 49.9 Å². The minimum absolute atomic E-state index is 0.0168. The minimum atomic E-state index is -0.506. The first-order chi connectivity index (χ1) is 17.8. The van der Waals surface area contributed by atoms with Crippen molar-refractivity contribution < 1.29 is 19.2 Å². The van der Waals surface area contributed by atoms with E-state index in [0.717, 1.165) is 22.7 Å². The predicted molar refractivity (Wildman–Crippen MR) is 138 cm³/mol. The summed E-state index contributed by atoms with van der Waals surface area (Å²) < 4.78 is 7.15. The van der Waals surface area contributed by atoms with Crippen LogP contribution in [0.25, 0.3) is 0 Å². The lowest BCUT2D eigenvalue weighted by atomic mass is 9.89. The lowest BCUT2D eigenvalue weighted by Gasteiger charge is -2.32. The summed E-state index contributed by atoms with van der Waals surface area (Å²) in [4.78, 5) is 43.2. The number of nitrogens with zero attached hydrogens (tertiary/aromatic N) is 4. The number of aromatic nitrogens is 2. The molecule has 0 unspecified atom stereocenters. The van der Waals surface area contributed by atoms with Crippen molar-refractivity contribution in [3.05, 3.63) is 87.0 Å². The van der Waals surface area contributed by atoms with Crippen LogP contribution in [0.2, 0.25) is 0 Å². The lowest BCUT2D eigenvalue weighted by molar-refractivity contribution is -0.384. The van der Waals surface area contributed by atoms with Crippen LogP contribution in [-0.2, 0) is 13.6 Å². The molecule has 1 aliphatic heterocycles. The van der Waals surface area contributed by atoms with Gasteiger partial charge >= 0.3 is 0 Å². The molecule has 0 saturated carbocycles. The second-order valence-electron chi connectivity index (χ2n) is 9.13. The number of piperidine rings is 1. The van der Waals surface area contributed by atoms with Gasteiger partial charge in [0.25, 0.3) is 17.5 Å². The molecule has 10 nitrogen and oxygen atoms in total. The van der Waals surface area contributed by atoms with Crippen LogP contribution in [0.3, 0.4) is 0 Å². The highest BCUT2D eigenvalue weighted by Gasteiger charge is 2.30. The molecule has 0 aliphatic carbocycles. The predicted octanol–water partition coefficient (Wildman–Crippen LogP) is 3.99. The smallest absolute Gasteiger partial charge is 0.287 e. The van der Waals surface area contributed by atoms with E-state index in [-0.39, 0.29) is 29.1 Å². The van der Waals surface area contributed by atoms with Crippen molar-refractivity contribution in [3.63, 3.8) is 0 Å². The molecule has 1 fully saturated rings. The monoisotopic (exact) mass is 505 g/mol. The number of rotatable bonds is 8. The van der Waals surface area contributed by atoms with E-state index in [1.54, 1.807) is 11.9 Å². The molecule has 2 aromatic heterocycles. The van der Waals surface area contributed by atoms with Crippen LogP contribution in [0.1, 0.15) is 63.5 Å². The maximum atomic E-state index is 13.2. The average Bonchev–Trinajstić information content (AvgIpc) is 3.29. The summed E-state index contributed by atoms with van der Waals surface area (Å²) in [5.41, 5.74) is 3.16. The molecular weight excluding hydrogens is 474 g/mol. The molecule has 1 aliphatic rings. The Balaban J connectivity index is 1.45. The first-order valence-electron chi connectivity index (χ1n) is 12.3. The number of nitro groups is 1. The molecule has 4 rings (SSSR count). The Morgan fingerprint density at radius 3 is 2.59 bits per heavy atom. The molecule has 37 heavy (non-hydrogen) atoms. The van der Waals surface area contributed by atoms with E-state index >= 15 is 0 Å². The summed E-state index contributed by atoms with van der Waals surface area (Å²) in [5, 5.41) is 14.1. The summed E-state index contributed by atoms with van der Waals surface area (Å²) in [6, 6.07) is 12.6. The normalized spacial score (nSPS) is 13.9. The van der Waals surface area contributed by atoms with Gasteiger partial charge in [-0.05, 0) is 44.9 Å². The van der Waals surface area contributed by atoms with Crippen molar-refractivity contribution in [1.29, 1.82) is 0 Å². The number of nitrogens with one attached hydrogen (secondary N) is 1. The highest BCUT2D eigenvalue weighted by atomic mass is 16.6. The third-order valence-corrected chi connectivity index (χ3v) is 6.61. The highest BCUT2D eigenvalue weighted by molar-refractivity contribution is 5.95. The van der Waals surface area contributed by atoms with Gasteiger partial charge in [-0.2, -0.15) is 0 Å². The van der Waals surface area contributed by atoms with Gasteiger partial charge in [0.1, 0.15) is 11.4 Å². The molecule has 2 amide bonds. The van der Waals surface area contributed by atoms with Crippen LogP contribution in [-0.4, -0.2) is 50.9 Å². The van der Waals surface area contributed by atoms with Gasteiger partial charge in [-0.15, -0.1) is 0 Å². The molecule has 1 N–H and O–H groups in total. The van der Waals surface area contributed by atoms with E-state index in [4.69, 9.17) is 9.72 Å². The van der Waals surface area contributed by atoms with Crippen LogP contribution >= 0.6 is 0 Å². The number of ether oxygens (including phenoxy) is 1. The number of amides is 2. The average molecular weight is 506 g/mol. The fourth-order valence-corrected chi connectivity index (χ4v) is 4.67. The summed E-state index contributed by atoms with van der Waals surface area (Å²) in [5.74, 6) is 0.317. The van der Waals surface area contributed by atoms with E-state index in [0.29, 0.717) is 44.6 Å². The standard InChI is InChI=1S/C27H31N5O5/c1-4-37-24-8-6-5-7-20(24)16-28-26(33)22-10-9-18(2)29-25(22)19-11-13-31(14-12-19)27(34)23-15-21(32(35)36)17-30(23)3/h5-10,15,17,19H,4,11-14,16H2,1-3H3,(H,28,33). The second-order valence-corrected chi connectivity index (χ2v) is 9.13. The SMILES string of the molecule is CCOc1ccccc1CNC(=O)c1ccc(C)nc1C1CCN(C(=O)c2cc([N+](=O)[O-])cn2C)CC1. The van der Waals surface area contributed by atoms with Crippen LogP contribution in [0.5, 0.6) is 5.75 Å². The zero-order chi connectivity index (χ0) is 26.5. The Kier molecular flexibility index (Phi) is 7.86. The molecule has 194 valence electrons. The van der Waals surface area contributed by atoms with Crippen molar-refractivity contribution in [2.75, 3.05) is 19.7 Å². The van der Waals surface area contributed by atoms with Gasteiger partial charge in [0.2, 0.25) is 0 Å². The number of hydrogen-bond acceptors (Lipinski definition) is 6. The summed E-state index contributed by atoms with van der Waals surface area (Å²) in [6.07, 6.45) is 2.62. The zero-order valence-corrected chi connectivity index (χ0v) is 21.3. The Morgan fingerprint density at radius 2 is 1.92 bits per heavy atom. The fraction of sp³-hybridized carbons (Fsp3) is 0.370. The van der Waals surface area contributed by atoms with Gasteiger partial charge < -0.3 is 19.5 Å². The van der Waals surface area contributed by atoms with Crippen molar-refractivity contribution in [1.82, 2.24) is 19.8 Å². The maximum Gasteiger partial charge on any atom is 0.287 e. The number of para-hydroxylation sites is 1. The second kappa shape index (κ2) is 11.2. The topological polar surface area (TPSA) is 120 Å². The summed E-state index contributed by atoms with van der Waals surface area (Å²) >= 11 is 0. The molecule has 3 aromatic rings. The Bertz CT molecular complexity index is 1310. The Labute approximate surface area is 215 Å². The first-order valence-corrected chi connectivity index (χ1v) is 12.3.